The van der Waals surface area contributed by atoms with Gasteiger partial charge >= 0.3 is 0 Å². The highest BCUT2D eigenvalue weighted by molar-refractivity contribution is 5.91. The summed E-state index contributed by atoms with van der Waals surface area (Å²) in [5.41, 5.74) is 3.61. The van der Waals surface area contributed by atoms with Gasteiger partial charge < -0.3 is 9.73 Å². The summed E-state index contributed by atoms with van der Waals surface area (Å²) in [5, 5.41) is 11.1. The van der Waals surface area contributed by atoms with Crippen LogP contribution in [0.15, 0.2) is 52.9 Å². The van der Waals surface area contributed by atoms with E-state index in [2.05, 4.69) is 15.5 Å². The molecular weight excluding hydrogens is 314 g/mol. The second kappa shape index (κ2) is 7.30. The fourth-order valence-electron chi connectivity index (χ4n) is 2.51. The van der Waals surface area contributed by atoms with Crippen LogP contribution in [-0.2, 0) is 4.79 Å². The SMILES string of the molecule is Cc1cccc(-c2nnc(-c3ccc(NC(=O)CC(C)C)cc3)o2)c1. The van der Waals surface area contributed by atoms with Crippen LogP contribution < -0.4 is 5.32 Å². The van der Waals surface area contributed by atoms with Crippen LogP contribution in [0, 0.1) is 12.8 Å². The van der Waals surface area contributed by atoms with Crippen molar-refractivity contribution in [3.8, 4) is 22.9 Å². The first-order valence-corrected chi connectivity index (χ1v) is 8.32. The molecule has 5 heteroatoms. The number of aryl methyl sites for hydroxylation is 1. The summed E-state index contributed by atoms with van der Waals surface area (Å²) in [4.78, 5) is 11.8. The molecule has 3 rings (SSSR count). The summed E-state index contributed by atoms with van der Waals surface area (Å²) in [7, 11) is 0. The molecule has 1 N–H and O–H groups in total. The molecule has 1 heterocycles. The van der Waals surface area contributed by atoms with E-state index in [0.29, 0.717) is 24.1 Å². The van der Waals surface area contributed by atoms with Gasteiger partial charge in [0.05, 0.1) is 0 Å². The summed E-state index contributed by atoms with van der Waals surface area (Å²) in [6.45, 7) is 6.06. The number of carbonyl (C=O) groups is 1. The minimum atomic E-state index is 0.0160. The third-order valence-electron chi connectivity index (χ3n) is 3.70. The molecule has 0 radical (unpaired) electrons. The molecule has 0 spiro atoms. The van der Waals surface area contributed by atoms with Gasteiger partial charge in [-0.25, -0.2) is 0 Å². The first kappa shape index (κ1) is 16.9. The van der Waals surface area contributed by atoms with Crippen molar-refractivity contribution in [2.24, 2.45) is 5.92 Å². The zero-order valence-corrected chi connectivity index (χ0v) is 14.6. The van der Waals surface area contributed by atoms with Gasteiger partial charge in [-0.05, 0) is 49.2 Å². The molecule has 128 valence electrons. The van der Waals surface area contributed by atoms with E-state index >= 15 is 0 Å². The fourth-order valence-corrected chi connectivity index (χ4v) is 2.51. The maximum Gasteiger partial charge on any atom is 0.248 e. The van der Waals surface area contributed by atoms with Crippen molar-refractivity contribution in [2.45, 2.75) is 27.2 Å². The number of nitrogens with zero attached hydrogens (tertiary/aromatic N) is 2. The van der Waals surface area contributed by atoms with Crippen molar-refractivity contribution in [1.29, 1.82) is 0 Å². The van der Waals surface area contributed by atoms with Crippen molar-refractivity contribution < 1.29 is 9.21 Å². The predicted molar refractivity (Wildman–Crippen MR) is 98.0 cm³/mol. The Morgan fingerprint density at radius 2 is 1.72 bits per heavy atom. The third kappa shape index (κ3) is 4.32. The summed E-state index contributed by atoms with van der Waals surface area (Å²) >= 11 is 0. The van der Waals surface area contributed by atoms with Crippen molar-refractivity contribution in [3.05, 3.63) is 54.1 Å². The summed E-state index contributed by atoms with van der Waals surface area (Å²) < 4.78 is 5.77. The summed E-state index contributed by atoms with van der Waals surface area (Å²) in [6, 6.07) is 15.3. The normalized spacial score (nSPS) is 10.9. The molecule has 5 nitrogen and oxygen atoms in total. The van der Waals surface area contributed by atoms with Crippen LogP contribution in [-0.4, -0.2) is 16.1 Å². The Bertz CT molecular complexity index is 867. The predicted octanol–water partition coefficient (Wildman–Crippen LogP) is 4.70. The van der Waals surface area contributed by atoms with Crippen molar-refractivity contribution in [3.63, 3.8) is 0 Å². The molecule has 0 fully saturated rings. The minimum absolute atomic E-state index is 0.0160. The second-order valence-electron chi connectivity index (χ2n) is 6.51. The Kier molecular flexibility index (Phi) is 4.93. The molecule has 0 saturated carbocycles. The van der Waals surface area contributed by atoms with Gasteiger partial charge in [-0.2, -0.15) is 0 Å². The van der Waals surface area contributed by atoms with Crippen molar-refractivity contribution >= 4 is 11.6 Å². The van der Waals surface area contributed by atoms with Crippen molar-refractivity contribution in [1.82, 2.24) is 10.2 Å². The maximum absolute atomic E-state index is 11.8. The molecular formula is C20H21N3O2. The van der Waals surface area contributed by atoms with Crippen LogP contribution >= 0.6 is 0 Å². The van der Waals surface area contributed by atoms with E-state index in [1.807, 2.05) is 69.3 Å². The zero-order chi connectivity index (χ0) is 17.8. The summed E-state index contributed by atoms with van der Waals surface area (Å²) in [5.74, 6) is 1.30. The molecule has 0 aliphatic heterocycles. The van der Waals surface area contributed by atoms with Gasteiger partial charge in [0.1, 0.15) is 0 Å². The lowest BCUT2D eigenvalue weighted by atomic mass is 10.1. The van der Waals surface area contributed by atoms with Crippen LogP contribution in [0.25, 0.3) is 22.9 Å². The summed E-state index contributed by atoms with van der Waals surface area (Å²) in [6.07, 6.45) is 0.505. The lowest BCUT2D eigenvalue weighted by Crippen LogP contribution is -2.13. The Balaban J connectivity index is 1.74. The molecule has 0 saturated heterocycles. The number of aromatic nitrogens is 2. The Labute approximate surface area is 147 Å². The molecule has 0 atom stereocenters. The average molecular weight is 335 g/mol. The van der Waals surface area contributed by atoms with Gasteiger partial charge in [0.2, 0.25) is 17.7 Å². The zero-order valence-electron chi connectivity index (χ0n) is 14.6. The van der Waals surface area contributed by atoms with Crippen LogP contribution in [0.1, 0.15) is 25.8 Å². The van der Waals surface area contributed by atoms with Crippen LogP contribution in [0.5, 0.6) is 0 Å². The smallest absolute Gasteiger partial charge is 0.248 e. The second-order valence-corrected chi connectivity index (χ2v) is 6.51. The van der Waals surface area contributed by atoms with E-state index in [0.717, 1.165) is 22.4 Å². The molecule has 25 heavy (non-hydrogen) atoms. The Hall–Kier alpha value is -2.95. The van der Waals surface area contributed by atoms with E-state index in [-0.39, 0.29) is 5.91 Å². The molecule has 0 aliphatic carbocycles. The number of benzene rings is 2. The number of hydrogen-bond acceptors (Lipinski definition) is 4. The molecule has 0 unspecified atom stereocenters. The quantitative estimate of drug-likeness (QED) is 0.734. The topological polar surface area (TPSA) is 68.0 Å². The van der Waals surface area contributed by atoms with Gasteiger partial charge in [-0.15, -0.1) is 10.2 Å². The number of rotatable bonds is 5. The maximum atomic E-state index is 11.8. The molecule has 1 aromatic heterocycles. The number of hydrogen-bond donors (Lipinski definition) is 1. The molecule has 1 amide bonds. The Morgan fingerprint density at radius 1 is 1.04 bits per heavy atom. The van der Waals surface area contributed by atoms with E-state index in [1.54, 1.807) is 0 Å². The van der Waals surface area contributed by atoms with E-state index in [1.165, 1.54) is 0 Å². The molecule has 2 aromatic carbocycles. The largest absolute Gasteiger partial charge is 0.416 e. The first-order chi connectivity index (χ1) is 12.0. The van der Waals surface area contributed by atoms with E-state index in [9.17, 15) is 4.79 Å². The molecule has 0 bridgehead atoms. The van der Waals surface area contributed by atoms with Gasteiger partial charge in [0, 0.05) is 23.2 Å². The lowest BCUT2D eigenvalue weighted by Gasteiger charge is -2.07. The number of nitrogens with one attached hydrogen (secondary N) is 1. The fraction of sp³-hybridized carbons (Fsp3) is 0.250. The average Bonchev–Trinajstić information content (AvgIpc) is 3.05. The lowest BCUT2D eigenvalue weighted by molar-refractivity contribution is -0.116. The standard InChI is InChI=1S/C20H21N3O2/c1-13(2)11-18(24)21-17-9-7-15(8-10-17)19-22-23-20(25-19)16-6-4-5-14(3)12-16/h4-10,12-13H,11H2,1-3H3,(H,21,24). The van der Waals surface area contributed by atoms with Gasteiger partial charge in [0.15, 0.2) is 0 Å². The van der Waals surface area contributed by atoms with Crippen LogP contribution in [0.2, 0.25) is 0 Å². The minimum Gasteiger partial charge on any atom is -0.416 e. The highest BCUT2D eigenvalue weighted by atomic mass is 16.4. The number of amides is 1. The third-order valence-corrected chi connectivity index (χ3v) is 3.70. The van der Waals surface area contributed by atoms with Crippen molar-refractivity contribution in [2.75, 3.05) is 5.32 Å². The highest BCUT2D eigenvalue weighted by Crippen LogP contribution is 2.25. The number of carbonyl (C=O) groups excluding carboxylic acids is 1. The van der Waals surface area contributed by atoms with Gasteiger partial charge in [-0.1, -0.05) is 31.5 Å². The van der Waals surface area contributed by atoms with Crippen LogP contribution in [0.3, 0.4) is 0 Å². The monoisotopic (exact) mass is 335 g/mol. The van der Waals surface area contributed by atoms with E-state index in [4.69, 9.17) is 4.42 Å². The first-order valence-electron chi connectivity index (χ1n) is 8.32. The van der Waals surface area contributed by atoms with Crippen LogP contribution in [0.4, 0.5) is 5.69 Å². The Morgan fingerprint density at radius 3 is 2.36 bits per heavy atom. The van der Waals surface area contributed by atoms with Gasteiger partial charge in [-0.3, -0.25) is 4.79 Å². The van der Waals surface area contributed by atoms with Gasteiger partial charge in [0.25, 0.3) is 0 Å². The molecule has 3 aromatic rings. The molecule has 0 aliphatic rings. The number of anilines is 1. The highest BCUT2D eigenvalue weighted by Gasteiger charge is 2.11. The van der Waals surface area contributed by atoms with E-state index < -0.39 is 0 Å².